The molecule has 2 rings (SSSR count). The minimum Gasteiger partial charge on any atom is -0.446 e. The lowest BCUT2D eigenvalue weighted by Gasteiger charge is -2.20. The molecule has 1 aliphatic carbocycles. The number of benzene rings is 1. The Bertz CT molecular complexity index is 448. The fraction of sp³-hybridized carbons (Fsp3) is 0.533. The predicted molar refractivity (Wildman–Crippen MR) is 76.5 cm³/mol. The predicted octanol–water partition coefficient (Wildman–Crippen LogP) is 3.11. The maximum Gasteiger partial charge on any atom is 0.407 e. The highest BCUT2D eigenvalue weighted by Gasteiger charge is 2.42. The quantitative estimate of drug-likeness (QED) is 0.880. The number of ether oxygens (including phenoxy) is 1. The largest absolute Gasteiger partial charge is 0.446 e. The van der Waals surface area contributed by atoms with Crippen molar-refractivity contribution >= 4 is 11.8 Å². The molecule has 0 bridgehead atoms. The Balaban J connectivity index is 1.85. The van der Waals surface area contributed by atoms with Gasteiger partial charge in [-0.05, 0) is 44.9 Å². The molecule has 1 saturated carbocycles. The third kappa shape index (κ3) is 3.88. The van der Waals surface area contributed by atoms with Gasteiger partial charge in [0.1, 0.15) is 6.10 Å². The number of hydrogen-bond donors (Lipinski definition) is 2. The highest BCUT2D eigenvalue weighted by Crippen LogP contribution is 2.43. The Hall–Kier alpha value is -1.71. The molecule has 0 heterocycles. The van der Waals surface area contributed by atoms with Crippen molar-refractivity contribution in [1.82, 2.24) is 5.32 Å². The van der Waals surface area contributed by atoms with E-state index >= 15 is 0 Å². The van der Waals surface area contributed by atoms with E-state index in [0.717, 1.165) is 12.1 Å². The van der Waals surface area contributed by atoms with Crippen molar-refractivity contribution in [2.75, 3.05) is 12.4 Å². The van der Waals surface area contributed by atoms with E-state index in [2.05, 4.69) is 22.8 Å². The molecular formula is C15H22N2O2. The summed E-state index contributed by atoms with van der Waals surface area (Å²) in [7, 11) is 1.90. The second kappa shape index (κ2) is 5.11. The zero-order chi connectivity index (χ0) is 14.0. The maximum atomic E-state index is 11.6. The molecule has 1 aromatic rings. The molecule has 0 aromatic heterocycles. The summed E-state index contributed by atoms with van der Waals surface area (Å²) in [5, 5.41) is 5.90. The van der Waals surface area contributed by atoms with Gasteiger partial charge >= 0.3 is 6.09 Å². The van der Waals surface area contributed by atoms with Crippen LogP contribution in [0, 0.1) is 0 Å². The lowest BCUT2D eigenvalue weighted by molar-refractivity contribution is 0.128. The second-order valence-electron chi connectivity index (χ2n) is 6.03. The van der Waals surface area contributed by atoms with Crippen molar-refractivity contribution < 1.29 is 9.53 Å². The van der Waals surface area contributed by atoms with E-state index in [1.807, 2.05) is 40.0 Å². The molecule has 19 heavy (non-hydrogen) atoms. The van der Waals surface area contributed by atoms with Crippen LogP contribution in [0.5, 0.6) is 0 Å². The molecular weight excluding hydrogens is 240 g/mol. The lowest BCUT2D eigenvalue weighted by Crippen LogP contribution is -2.41. The Morgan fingerprint density at radius 1 is 1.26 bits per heavy atom. The summed E-state index contributed by atoms with van der Waals surface area (Å²) < 4.78 is 5.40. The van der Waals surface area contributed by atoms with E-state index < -0.39 is 0 Å². The number of carbonyl (C=O) groups excluding carboxylic acids is 1. The number of anilines is 1. The Kier molecular flexibility index (Phi) is 3.69. The second-order valence-corrected chi connectivity index (χ2v) is 6.03. The van der Waals surface area contributed by atoms with Crippen molar-refractivity contribution in [1.29, 1.82) is 0 Å². The molecule has 4 heteroatoms. The molecule has 0 radical (unpaired) electrons. The number of amides is 1. The van der Waals surface area contributed by atoms with Gasteiger partial charge in [0.25, 0.3) is 0 Å². The number of hydrogen-bond acceptors (Lipinski definition) is 3. The van der Waals surface area contributed by atoms with Crippen molar-refractivity contribution in [3.8, 4) is 0 Å². The van der Waals surface area contributed by atoms with Crippen LogP contribution in [0.25, 0.3) is 0 Å². The molecule has 0 saturated heterocycles. The summed E-state index contributed by atoms with van der Waals surface area (Å²) in [6.07, 6.45) is 0.603. The third-order valence-electron chi connectivity index (χ3n) is 3.09. The van der Waals surface area contributed by atoms with Gasteiger partial charge in [-0.2, -0.15) is 0 Å². The van der Waals surface area contributed by atoms with Crippen molar-refractivity contribution in [3.05, 3.63) is 29.8 Å². The van der Waals surface area contributed by atoms with Gasteiger partial charge in [0.15, 0.2) is 0 Å². The molecule has 4 nitrogen and oxygen atoms in total. The van der Waals surface area contributed by atoms with Gasteiger partial charge < -0.3 is 15.4 Å². The topological polar surface area (TPSA) is 50.4 Å². The van der Waals surface area contributed by atoms with Crippen LogP contribution in [0.15, 0.2) is 24.3 Å². The van der Waals surface area contributed by atoms with Crippen molar-refractivity contribution in [2.45, 2.75) is 44.8 Å². The van der Waals surface area contributed by atoms with E-state index in [4.69, 9.17) is 4.74 Å². The summed E-state index contributed by atoms with van der Waals surface area (Å²) in [6, 6.07) is 8.25. The third-order valence-corrected chi connectivity index (χ3v) is 3.09. The first-order valence-corrected chi connectivity index (χ1v) is 6.65. The summed E-state index contributed by atoms with van der Waals surface area (Å²) in [5.41, 5.74) is 2.07. The number of nitrogens with one attached hydrogen (secondary N) is 2. The van der Waals surface area contributed by atoms with E-state index in [1.165, 1.54) is 5.56 Å². The van der Waals surface area contributed by atoms with Crippen LogP contribution in [-0.2, 0) is 4.74 Å². The summed E-state index contributed by atoms with van der Waals surface area (Å²) in [6.45, 7) is 5.82. The molecule has 0 unspecified atom stereocenters. The average molecular weight is 262 g/mol. The molecule has 0 spiro atoms. The lowest BCUT2D eigenvalue weighted by atomic mass is 10.1. The van der Waals surface area contributed by atoms with Crippen LogP contribution in [0.3, 0.4) is 0 Å². The van der Waals surface area contributed by atoms with Crippen LogP contribution in [0.4, 0.5) is 10.5 Å². The normalized spacial score (nSPS) is 21.7. The van der Waals surface area contributed by atoms with Gasteiger partial charge in [-0.25, -0.2) is 4.79 Å². The molecule has 0 aliphatic heterocycles. The molecule has 1 fully saturated rings. The van der Waals surface area contributed by atoms with E-state index in [0.29, 0.717) is 5.92 Å². The maximum absolute atomic E-state index is 11.6. The fourth-order valence-corrected chi connectivity index (χ4v) is 2.02. The minimum atomic E-state index is -0.327. The van der Waals surface area contributed by atoms with Gasteiger partial charge in [-0.15, -0.1) is 0 Å². The first kappa shape index (κ1) is 13.7. The first-order chi connectivity index (χ1) is 8.89. The van der Waals surface area contributed by atoms with Gasteiger partial charge in [-0.1, -0.05) is 12.1 Å². The van der Waals surface area contributed by atoms with E-state index in [1.54, 1.807) is 0 Å². The number of alkyl carbamates (subject to hydrolysis) is 1. The van der Waals surface area contributed by atoms with Gasteiger partial charge in [0.05, 0.1) is 0 Å². The fourth-order valence-electron chi connectivity index (χ4n) is 2.02. The Morgan fingerprint density at radius 2 is 1.89 bits per heavy atom. The SMILES string of the molecule is CNc1ccc([C@@H]2C[C@H]2OC(=O)NC(C)(C)C)cc1. The van der Waals surface area contributed by atoms with Crippen LogP contribution in [0.2, 0.25) is 0 Å². The van der Waals surface area contributed by atoms with Crippen LogP contribution < -0.4 is 10.6 Å². The molecule has 2 atom stereocenters. The standard InChI is InChI=1S/C15H22N2O2/c1-15(2,3)17-14(18)19-13-9-12(13)10-5-7-11(16-4)8-6-10/h5-8,12-13,16H,9H2,1-4H3,(H,17,18)/t12-,13+/m0/s1. The molecule has 104 valence electrons. The van der Waals surface area contributed by atoms with Crippen LogP contribution in [-0.4, -0.2) is 24.8 Å². The highest BCUT2D eigenvalue weighted by atomic mass is 16.6. The zero-order valence-corrected chi connectivity index (χ0v) is 12.0. The molecule has 1 aromatic carbocycles. The highest BCUT2D eigenvalue weighted by molar-refractivity contribution is 5.68. The number of rotatable bonds is 3. The molecule has 2 N–H and O–H groups in total. The van der Waals surface area contributed by atoms with Gasteiger partial charge in [-0.3, -0.25) is 0 Å². The van der Waals surface area contributed by atoms with E-state index in [-0.39, 0.29) is 17.7 Å². The monoisotopic (exact) mass is 262 g/mol. The van der Waals surface area contributed by atoms with Gasteiger partial charge in [0.2, 0.25) is 0 Å². The van der Waals surface area contributed by atoms with Crippen molar-refractivity contribution in [3.63, 3.8) is 0 Å². The first-order valence-electron chi connectivity index (χ1n) is 6.65. The molecule has 1 amide bonds. The summed E-state index contributed by atoms with van der Waals surface area (Å²) >= 11 is 0. The zero-order valence-electron chi connectivity index (χ0n) is 12.0. The number of carbonyl (C=O) groups is 1. The Labute approximate surface area is 114 Å². The molecule has 1 aliphatic rings. The van der Waals surface area contributed by atoms with Crippen LogP contribution in [0.1, 0.15) is 38.7 Å². The van der Waals surface area contributed by atoms with E-state index in [9.17, 15) is 4.79 Å². The Morgan fingerprint density at radius 3 is 2.42 bits per heavy atom. The van der Waals surface area contributed by atoms with Gasteiger partial charge in [0, 0.05) is 24.2 Å². The summed E-state index contributed by atoms with van der Waals surface area (Å²) in [5.74, 6) is 0.344. The minimum absolute atomic E-state index is 0.0165. The van der Waals surface area contributed by atoms with Crippen LogP contribution >= 0.6 is 0 Å². The van der Waals surface area contributed by atoms with Crippen molar-refractivity contribution in [2.24, 2.45) is 0 Å². The summed E-state index contributed by atoms with van der Waals surface area (Å²) in [4.78, 5) is 11.6. The smallest absolute Gasteiger partial charge is 0.407 e. The average Bonchev–Trinajstić information content (AvgIpc) is 3.06.